The summed E-state index contributed by atoms with van der Waals surface area (Å²) in [6.45, 7) is 0. The van der Waals surface area contributed by atoms with Crippen LogP contribution in [0.15, 0.2) is 34.7 Å². The first-order valence-electron chi connectivity index (χ1n) is 5.41. The molecule has 0 saturated heterocycles. The first-order chi connectivity index (χ1) is 9.19. The Morgan fingerprint density at radius 3 is 2.84 bits per heavy atom. The molecule has 1 aromatic heterocycles. The van der Waals surface area contributed by atoms with Crippen LogP contribution in [0.4, 0.5) is 0 Å². The van der Waals surface area contributed by atoms with Gasteiger partial charge in [-0.1, -0.05) is 23.7 Å². The Morgan fingerprint density at radius 2 is 2.16 bits per heavy atom. The number of nitrogens with one attached hydrogen (secondary N) is 2. The lowest BCUT2D eigenvalue weighted by atomic mass is 10.2. The number of hydrogen-bond acceptors (Lipinski definition) is 4. The van der Waals surface area contributed by atoms with Gasteiger partial charge in [-0.05, 0) is 24.4 Å². The molecular formula is C12H11ClN4S2. The molecule has 0 saturated carbocycles. The van der Waals surface area contributed by atoms with E-state index in [9.17, 15) is 0 Å². The maximum absolute atomic E-state index is 5.85. The molecule has 0 aliphatic heterocycles. The van der Waals surface area contributed by atoms with E-state index < -0.39 is 0 Å². The molecular weight excluding hydrogens is 300 g/mol. The second-order valence-corrected chi connectivity index (χ2v) is 5.24. The van der Waals surface area contributed by atoms with Crippen molar-refractivity contribution in [2.75, 3.05) is 7.05 Å². The van der Waals surface area contributed by atoms with Gasteiger partial charge >= 0.3 is 0 Å². The van der Waals surface area contributed by atoms with Crippen LogP contribution in [0.3, 0.4) is 0 Å². The number of nitrogens with zero attached hydrogens (tertiary/aromatic N) is 2. The van der Waals surface area contributed by atoms with Crippen molar-refractivity contribution in [3.05, 3.63) is 40.4 Å². The van der Waals surface area contributed by atoms with Crippen molar-refractivity contribution < 1.29 is 0 Å². The molecule has 0 unspecified atom stereocenters. The third-order valence-corrected chi connectivity index (χ3v) is 3.66. The summed E-state index contributed by atoms with van der Waals surface area (Å²) in [6.07, 6.45) is 1.62. The Labute approximate surface area is 125 Å². The number of thiazole rings is 1. The van der Waals surface area contributed by atoms with Gasteiger partial charge in [0.1, 0.15) is 5.01 Å². The van der Waals surface area contributed by atoms with Crippen molar-refractivity contribution in [2.24, 2.45) is 5.10 Å². The van der Waals surface area contributed by atoms with Gasteiger partial charge in [0.2, 0.25) is 0 Å². The fourth-order valence-corrected chi connectivity index (χ4v) is 2.24. The molecule has 2 aromatic rings. The molecule has 0 bridgehead atoms. The van der Waals surface area contributed by atoms with Crippen molar-refractivity contribution in [1.29, 1.82) is 0 Å². The summed E-state index contributed by atoms with van der Waals surface area (Å²) in [5.41, 5.74) is 4.49. The van der Waals surface area contributed by atoms with Crippen LogP contribution in [-0.2, 0) is 0 Å². The van der Waals surface area contributed by atoms with E-state index in [2.05, 4.69) is 20.8 Å². The van der Waals surface area contributed by atoms with Gasteiger partial charge in [0.25, 0.3) is 0 Å². The average molecular weight is 311 g/mol. The van der Waals surface area contributed by atoms with Gasteiger partial charge < -0.3 is 5.32 Å². The molecule has 0 radical (unpaired) electrons. The minimum Gasteiger partial charge on any atom is -0.364 e. The molecule has 0 atom stereocenters. The Morgan fingerprint density at radius 1 is 1.42 bits per heavy atom. The lowest BCUT2D eigenvalue weighted by Crippen LogP contribution is -2.28. The number of hydrazone groups is 1. The van der Waals surface area contributed by atoms with E-state index in [4.69, 9.17) is 23.8 Å². The highest BCUT2D eigenvalue weighted by Crippen LogP contribution is 2.24. The van der Waals surface area contributed by atoms with Gasteiger partial charge in [0.05, 0.1) is 11.9 Å². The number of halogens is 1. The van der Waals surface area contributed by atoms with Crippen LogP contribution in [0, 0.1) is 0 Å². The summed E-state index contributed by atoms with van der Waals surface area (Å²) in [5, 5.41) is 10.8. The highest BCUT2D eigenvalue weighted by Gasteiger charge is 2.03. The van der Waals surface area contributed by atoms with Crippen LogP contribution >= 0.6 is 35.2 Å². The molecule has 1 aromatic carbocycles. The van der Waals surface area contributed by atoms with E-state index in [-0.39, 0.29) is 0 Å². The molecule has 19 heavy (non-hydrogen) atoms. The first-order valence-corrected chi connectivity index (χ1v) is 7.08. The Bertz CT molecular complexity index is 592. The molecule has 0 aliphatic carbocycles. The third kappa shape index (κ3) is 3.99. The fourth-order valence-electron chi connectivity index (χ4n) is 1.28. The zero-order chi connectivity index (χ0) is 13.7. The van der Waals surface area contributed by atoms with E-state index in [1.807, 2.05) is 29.6 Å². The van der Waals surface area contributed by atoms with Crippen LogP contribution in [-0.4, -0.2) is 23.4 Å². The van der Waals surface area contributed by atoms with E-state index in [1.54, 1.807) is 24.6 Å². The van der Waals surface area contributed by atoms with Gasteiger partial charge in [-0.15, -0.1) is 11.3 Å². The van der Waals surface area contributed by atoms with Gasteiger partial charge in [0, 0.05) is 23.0 Å². The molecule has 7 heteroatoms. The predicted octanol–water partition coefficient (Wildman–Crippen LogP) is 2.89. The second-order valence-electron chi connectivity index (χ2n) is 3.53. The molecule has 0 fully saturated rings. The van der Waals surface area contributed by atoms with Crippen LogP contribution < -0.4 is 10.7 Å². The SMILES string of the molecule is CNC(=S)N/N=C\c1csc(-c2ccc(Cl)cc2)n1. The normalized spacial score (nSPS) is 10.6. The summed E-state index contributed by atoms with van der Waals surface area (Å²) in [5.74, 6) is 0. The number of thiocarbonyl (C=S) groups is 1. The van der Waals surface area contributed by atoms with E-state index in [1.165, 1.54) is 0 Å². The largest absolute Gasteiger partial charge is 0.364 e. The maximum atomic E-state index is 5.85. The van der Waals surface area contributed by atoms with E-state index >= 15 is 0 Å². The molecule has 2 rings (SSSR count). The molecule has 0 spiro atoms. The topological polar surface area (TPSA) is 49.3 Å². The van der Waals surface area contributed by atoms with Gasteiger partial charge in [-0.25, -0.2) is 4.98 Å². The monoisotopic (exact) mass is 310 g/mol. The number of benzene rings is 1. The molecule has 2 N–H and O–H groups in total. The van der Waals surface area contributed by atoms with Crippen LogP contribution in [0.5, 0.6) is 0 Å². The second kappa shape index (κ2) is 6.60. The minimum atomic E-state index is 0.462. The van der Waals surface area contributed by atoms with E-state index in [0.717, 1.165) is 16.3 Å². The molecule has 0 amide bonds. The zero-order valence-corrected chi connectivity index (χ0v) is 12.4. The Kier molecular flexibility index (Phi) is 4.84. The number of aromatic nitrogens is 1. The molecule has 98 valence electrons. The zero-order valence-electron chi connectivity index (χ0n) is 10.1. The average Bonchev–Trinajstić information content (AvgIpc) is 2.88. The summed E-state index contributed by atoms with van der Waals surface area (Å²) in [4.78, 5) is 4.46. The third-order valence-electron chi connectivity index (χ3n) is 2.20. The fraction of sp³-hybridized carbons (Fsp3) is 0.0833. The Balaban J connectivity index is 2.06. The highest BCUT2D eigenvalue weighted by molar-refractivity contribution is 7.80. The van der Waals surface area contributed by atoms with Crippen LogP contribution in [0.25, 0.3) is 10.6 Å². The standard InChI is InChI=1S/C12H11ClN4S2/c1-14-12(18)17-15-6-10-7-19-11(16-10)8-2-4-9(13)5-3-8/h2-7H,1H3,(H2,14,17,18)/b15-6-. The van der Waals surface area contributed by atoms with Crippen molar-refractivity contribution >= 4 is 46.5 Å². The summed E-state index contributed by atoms with van der Waals surface area (Å²) >= 11 is 12.3. The van der Waals surface area contributed by atoms with Crippen molar-refractivity contribution in [3.8, 4) is 10.6 Å². The summed E-state index contributed by atoms with van der Waals surface area (Å²) in [7, 11) is 1.73. The number of rotatable bonds is 3. The predicted molar refractivity (Wildman–Crippen MR) is 84.9 cm³/mol. The quantitative estimate of drug-likeness (QED) is 0.520. The van der Waals surface area contributed by atoms with Crippen molar-refractivity contribution in [3.63, 3.8) is 0 Å². The summed E-state index contributed by atoms with van der Waals surface area (Å²) in [6, 6.07) is 7.57. The van der Waals surface area contributed by atoms with Gasteiger partial charge in [-0.2, -0.15) is 5.10 Å². The van der Waals surface area contributed by atoms with Gasteiger partial charge in [0.15, 0.2) is 5.11 Å². The molecule has 1 heterocycles. The number of hydrogen-bond donors (Lipinski definition) is 2. The van der Waals surface area contributed by atoms with E-state index in [0.29, 0.717) is 10.1 Å². The van der Waals surface area contributed by atoms with Crippen LogP contribution in [0.1, 0.15) is 5.69 Å². The summed E-state index contributed by atoms with van der Waals surface area (Å²) < 4.78 is 0. The smallest absolute Gasteiger partial charge is 0.186 e. The lowest BCUT2D eigenvalue weighted by molar-refractivity contribution is 0.981. The molecule has 0 aliphatic rings. The minimum absolute atomic E-state index is 0.462. The van der Waals surface area contributed by atoms with Crippen molar-refractivity contribution in [1.82, 2.24) is 15.7 Å². The van der Waals surface area contributed by atoms with Crippen molar-refractivity contribution in [2.45, 2.75) is 0 Å². The molecule has 4 nitrogen and oxygen atoms in total. The lowest BCUT2D eigenvalue weighted by Gasteiger charge is -1.98. The van der Waals surface area contributed by atoms with Gasteiger partial charge in [-0.3, -0.25) is 5.43 Å². The maximum Gasteiger partial charge on any atom is 0.186 e. The highest BCUT2D eigenvalue weighted by atomic mass is 35.5. The Hall–Kier alpha value is -1.50. The first kappa shape index (κ1) is 13.9. The van der Waals surface area contributed by atoms with Crippen LogP contribution in [0.2, 0.25) is 5.02 Å².